The molecule has 4 heterocycles. The molecule has 2 fully saturated rings. The van der Waals surface area contributed by atoms with Crippen molar-refractivity contribution in [2.45, 2.75) is 13.0 Å². The number of benzene rings is 2. The number of aromatic nitrogens is 3. The molecule has 0 radical (unpaired) electrons. The number of urea groups is 1. The number of nitrogens with zero attached hydrogens (tertiary/aromatic N) is 5. The third kappa shape index (κ3) is 5.48. The lowest BCUT2D eigenvalue weighted by Gasteiger charge is -2.36. The maximum Gasteiger partial charge on any atom is 0.328 e. The minimum Gasteiger partial charge on any atom is -0.497 e. The van der Waals surface area contributed by atoms with E-state index in [9.17, 15) is 14.4 Å². The summed E-state index contributed by atoms with van der Waals surface area (Å²) >= 11 is 0. The molecule has 4 aromatic rings. The van der Waals surface area contributed by atoms with Crippen LogP contribution in [0.15, 0.2) is 59.5 Å². The number of pyridine rings is 1. The van der Waals surface area contributed by atoms with Crippen molar-refractivity contribution in [2.24, 2.45) is 0 Å². The lowest BCUT2D eigenvalue weighted by molar-refractivity contribution is -0.120. The number of anilines is 2. The van der Waals surface area contributed by atoms with Crippen molar-refractivity contribution >= 4 is 34.2 Å². The Kier molecular flexibility index (Phi) is 7.44. The van der Waals surface area contributed by atoms with Gasteiger partial charge in [0.1, 0.15) is 22.7 Å². The molecule has 2 aliphatic heterocycles. The van der Waals surface area contributed by atoms with Crippen molar-refractivity contribution in [1.29, 1.82) is 0 Å². The summed E-state index contributed by atoms with van der Waals surface area (Å²) in [4.78, 5) is 54.7. The van der Waals surface area contributed by atoms with Crippen LogP contribution in [0.1, 0.15) is 12.1 Å². The Morgan fingerprint density at radius 2 is 1.64 bits per heavy atom. The van der Waals surface area contributed by atoms with Crippen LogP contribution in [-0.4, -0.2) is 78.7 Å². The number of imide groups is 1. The molecule has 2 N–H and O–H groups in total. The van der Waals surface area contributed by atoms with Crippen molar-refractivity contribution in [3.63, 3.8) is 0 Å². The van der Waals surface area contributed by atoms with Gasteiger partial charge in [0.2, 0.25) is 5.91 Å². The van der Waals surface area contributed by atoms with Gasteiger partial charge in [0, 0.05) is 69.1 Å². The van der Waals surface area contributed by atoms with Gasteiger partial charge in [-0.05, 0) is 36.4 Å². The van der Waals surface area contributed by atoms with Crippen LogP contribution in [0.5, 0.6) is 11.5 Å². The van der Waals surface area contributed by atoms with E-state index in [0.717, 1.165) is 43.1 Å². The Morgan fingerprint density at radius 1 is 0.881 bits per heavy atom. The second kappa shape index (κ2) is 11.5. The number of carbonyl (C=O) groups excluding carboxylic acids is 2. The topological polar surface area (TPSA) is 133 Å². The van der Waals surface area contributed by atoms with Crippen molar-refractivity contribution in [3.05, 3.63) is 70.8 Å². The van der Waals surface area contributed by atoms with E-state index in [4.69, 9.17) is 9.47 Å². The third-order valence-electron chi connectivity index (χ3n) is 7.64. The number of methoxy groups -OCH3 is 2. The molecule has 3 amide bonds. The number of fused-ring (bicyclic) bond motifs is 1. The van der Waals surface area contributed by atoms with E-state index >= 15 is 0 Å². The van der Waals surface area contributed by atoms with Crippen LogP contribution in [0.2, 0.25) is 0 Å². The maximum absolute atomic E-state index is 12.9. The summed E-state index contributed by atoms with van der Waals surface area (Å²) in [5, 5.41) is 2.72. The number of hydrogen-bond donors (Lipinski definition) is 2. The molecule has 216 valence electrons. The third-order valence-corrected chi connectivity index (χ3v) is 7.64. The lowest BCUT2D eigenvalue weighted by Crippen LogP contribution is -2.49. The fourth-order valence-electron chi connectivity index (χ4n) is 5.33. The largest absolute Gasteiger partial charge is 0.497 e. The second-order valence-electron chi connectivity index (χ2n) is 10.2. The fraction of sp³-hybridized carbons (Fsp3) is 0.300. The summed E-state index contributed by atoms with van der Waals surface area (Å²) in [7, 11) is 3.07. The van der Waals surface area contributed by atoms with Gasteiger partial charge in [0.05, 0.1) is 37.3 Å². The summed E-state index contributed by atoms with van der Waals surface area (Å²) in [5.74, 6) is 1.21. The number of amides is 3. The first-order valence-electron chi connectivity index (χ1n) is 13.7. The van der Waals surface area contributed by atoms with Crippen LogP contribution >= 0.6 is 0 Å². The van der Waals surface area contributed by atoms with Crippen LogP contribution in [0.3, 0.4) is 0 Å². The molecule has 0 saturated carbocycles. The van der Waals surface area contributed by atoms with Gasteiger partial charge >= 0.3 is 6.03 Å². The summed E-state index contributed by atoms with van der Waals surface area (Å²) in [6, 6.07) is 14.8. The molecule has 0 spiro atoms. The maximum atomic E-state index is 12.9. The molecule has 0 bridgehead atoms. The smallest absolute Gasteiger partial charge is 0.328 e. The Bertz CT molecular complexity index is 1680. The minimum absolute atomic E-state index is 0.253. The standard InChI is InChI=1S/C30H31N7O5/c1-41-23-15-24-27(25(16-23)42-2)29(39)34-28(32-24)19-3-6-21(7-4-19)36-13-11-35(12-14-36)18-20-5-8-22(17-31-20)37-10-9-26(38)33-30(37)40/h3-8,15-17H,9-14,18H2,1-2H3,(H,32,34,39)(H,33,38,40). The molecule has 2 aromatic heterocycles. The van der Waals surface area contributed by atoms with Crippen molar-refractivity contribution in [1.82, 2.24) is 25.2 Å². The Morgan fingerprint density at radius 3 is 2.31 bits per heavy atom. The molecule has 2 saturated heterocycles. The van der Waals surface area contributed by atoms with Crippen molar-refractivity contribution < 1.29 is 19.1 Å². The highest BCUT2D eigenvalue weighted by Crippen LogP contribution is 2.29. The molecule has 0 aliphatic carbocycles. The zero-order valence-electron chi connectivity index (χ0n) is 23.4. The van der Waals surface area contributed by atoms with Gasteiger partial charge < -0.3 is 19.4 Å². The number of ether oxygens (including phenoxy) is 2. The van der Waals surface area contributed by atoms with E-state index in [2.05, 4.69) is 30.1 Å². The average molecular weight is 570 g/mol. The highest BCUT2D eigenvalue weighted by molar-refractivity contribution is 6.05. The number of rotatable bonds is 7. The summed E-state index contributed by atoms with van der Waals surface area (Å²) in [5.41, 5.74) is 3.75. The predicted octanol–water partition coefficient (Wildman–Crippen LogP) is 2.77. The van der Waals surface area contributed by atoms with Crippen LogP contribution in [-0.2, 0) is 11.3 Å². The van der Waals surface area contributed by atoms with Crippen LogP contribution < -0.4 is 30.1 Å². The summed E-state index contributed by atoms with van der Waals surface area (Å²) in [6.45, 7) is 4.56. The van der Waals surface area contributed by atoms with Gasteiger partial charge in [0.25, 0.3) is 5.56 Å². The highest BCUT2D eigenvalue weighted by Gasteiger charge is 2.25. The molecular formula is C30H31N7O5. The van der Waals surface area contributed by atoms with Gasteiger partial charge in [0.15, 0.2) is 0 Å². The van der Waals surface area contributed by atoms with Gasteiger partial charge in [-0.1, -0.05) is 0 Å². The van der Waals surface area contributed by atoms with E-state index in [-0.39, 0.29) is 17.9 Å². The van der Waals surface area contributed by atoms with Crippen LogP contribution in [0, 0.1) is 0 Å². The molecule has 2 aliphatic rings. The van der Waals surface area contributed by atoms with E-state index in [0.29, 0.717) is 47.0 Å². The summed E-state index contributed by atoms with van der Waals surface area (Å²) in [6.07, 6.45) is 1.97. The summed E-state index contributed by atoms with van der Waals surface area (Å²) < 4.78 is 10.7. The van der Waals surface area contributed by atoms with Gasteiger partial charge in [-0.2, -0.15) is 0 Å². The molecule has 0 atom stereocenters. The molecule has 12 nitrogen and oxygen atoms in total. The first-order chi connectivity index (χ1) is 20.4. The van der Waals surface area contributed by atoms with Crippen molar-refractivity contribution in [3.8, 4) is 22.9 Å². The lowest BCUT2D eigenvalue weighted by atomic mass is 10.1. The number of nitrogens with one attached hydrogen (secondary N) is 2. The number of aromatic amines is 1. The molecule has 2 aromatic carbocycles. The van der Waals surface area contributed by atoms with E-state index in [1.807, 2.05) is 36.4 Å². The van der Waals surface area contributed by atoms with Gasteiger partial charge in [-0.15, -0.1) is 0 Å². The van der Waals surface area contributed by atoms with E-state index in [1.54, 1.807) is 25.4 Å². The zero-order chi connectivity index (χ0) is 29.2. The van der Waals surface area contributed by atoms with E-state index < -0.39 is 6.03 Å². The minimum atomic E-state index is -0.409. The van der Waals surface area contributed by atoms with Gasteiger partial charge in [-0.25, -0.2) is 9.78 Å². The average Bonchev–Trinajstić information content (AvgIpc) is 3.01. The highest BCUT2D eigenvalue weighted by atomic mass is 16.5. The van der Waals surface area contributed by atoms with E-state index in [1.165, 1.54) is 12.0 Å². The van der Waals surface area contributed by atoms with Crippen LogP contribution in [0.25, 0.3) is 22.3 Å². The molecular weight excluding hydrogens is 538 g/mol. The van der Waals surface area contributed by atoms with Crippen molar-refractivity contribution in [2.75, 3.05) is 56.7 Å². The quantitative estimate of drug-likeness (QED) is 0.345. The monoisotopic (exact) mass is 569 g/mol. The zero-order valence-corrected chi connectivity index (χ0v) is 23.4. The Hall–Kier alpha value is -4.97. The number of carbonyl (C=O) groups is 2. The Balaban J connectivity index is 1.08. The molecule has 12 heteroatoms. The first kappa shape index (κ1) is 27.2. The second-order valence-corrected chi connectivity index (χ2v) is 10.2. The number of piperazine rings is 1. The normalized spacial score (nSPS) is 16.0. The first-order valence-corrected chi connectivity index (χ1v) is 13.7. The molecule has 6 rings (SSSR count). The van der Waals surface area contributed by atoms with Gasteiger partial charge in [-0.3, -0.25) is 29.7 Å². The SMILES string of the molecule is COc1cc(OC)c2c(=O)[nH]c(-c3ccc(N4CCN(Cc5ccc(N6CCC(=O)NC6=O)cn5)CC4)cc3)nc2c1. The number of hydrogen-bond acceptors (Lipinski definition) is 9. The fourth-order valence-corrected chi connectivity index (χ4v) is 5.33. The predicted molar refractivity (Wildman–Crippen MR) is 158 cm³/mol. The Labute approximate surface area is 241 Å². The number of H-pyrrole nitrogens is 1. The van der Waals surface area contributed by atoms with Crippen LogP contribution in [0.4, 0.5) is 16.2 Å². The molecule has 42 heavy (non-hydrogen) atoms. The molecule has 0 unspecified atom stereocenters.